The van der Waals surface area contributed by atoms with Crippen molar-refractivity contribution in [3.05, 3.63) is 134 Å². The molecule has 5 rings (SSSR count). The first kappa shape index (κ1) is 32.9. The molecule has 47 heavy (non-hydrogen) atoms. The van der Waals surface area contributed by atoms with Crippen LogP contribution >= 0.6 is 11.6 Å². The van der Waals surface area contributed by atoms with E-state index in [9.17, 15) is 37.7 Å². The number of fused-ring (bicyclic) bond motifs is 4. The minimum absolute atomic E-state index is 0.0287. The van der Waals surface area contributed by atoms with E-state index in [4.69, 9.17) is 16.3 Å². The molecule has 1 heterocycles. The zero-order chi connectivity index (χ0) is 33.7. The Kier molecular flexibility index (Phi) is 9.75. The Morgan fingerprint density at radius 1 is 1.00 bits per heavy atom. The van der Waals surface area contributed by atoms with Gasteiger partial charge in [0.05, 0.1) is 10.5 Å². The van der Waals surface area contributed by atoms with Gasteiger partial charge in [0.1, 0.15) is 18.3 Å². The standard InChI is InChI=1S/C33H26ClF3N4O6/c34-25-10-7-20(8-11-25)17-38-31(43)27-15-21-3-2-6-26(14-21)47-29-16-23(9-12-28(29)41(45)46)32(44)40(19-30(42)39-27)18-22-4-1-5-24(13-22)33(35,36)37/h1-14,16,27H,15,17-19H2,(H,38,43)(H,39,42). The number of nitrogens with zero attached hydrogens (tertiary/aromatic N) is 2. The normalized spacial score (nSPS) is 15.2. The van der Waals surface area contributed by atoms with Crippen LogP contribution in [0.2, 0.25) is 5.02 Å². The van der Waals surface area contributed by atoms with Crippen molar-refractivity contribution in [2.24, 2.45) is 0 Å². The van der Waals surface area contributed by atoms with Gasteiger partial charge in [-0.2, -0.15) is 13.2 Å². The molecule has 0 saturated carbocycles. The number of halogens is 4. The molecule has 14 heteroatoms. The summed E-state index contributed by atoms with van der Waals surface area (Å²) in [7, 11) is 0. The minimum Gasteiger partial charge on any atom is -0.450 e. The van der Waals surface area contributed by atoms with Crippen molar-refractivity contribution in [2.45, 2.75) is 31.7 Å². The molecule has 1 unspecified atom stereocenters. The number of alkyl halides is 3. The Balaban J connectivity index is 1.51. The lowest BCUT2D eigenvalue weighted by Crippen LogP contribution is -2.51. The maximum absolute atomic E-state index is 13.8. The summed E-state index contributed by atoms with van der Waals surface area (Å²) in [5.41, 5.74) is -0.143. The fraction of sp³-hybridized carbons (Fsp3) is 0.182. The molecule has 4 aromatic rings. The van der Waals surface area contributed by atoms with Crippen LogP contribution < -0.4 is 15.4 Å². The third-order valence-corrected chi connectivity index (χ3v) is 7.50. The number of nitro groups is 1. The maximum Gasteiger partial charge on any atom is 0.416 e. The van der Waals surface area contributed by atoms with Crippen LogP contribution in [0.5, 0.6) is 11.5 Å². The molecule has 4 aromatic carbocycles. The van der Waals surface area contributed by atoms with Crippen LogP contribution in [0.15, 0.2) is 91.0 Å². The number of hydrogen-bond donors (Lipinski definition) is 2. The molecule has 0 saturated heterocycles. The Labute approximate surface area is 271 Å². The number of amides is 3. The monoisotopic (exact) mass is 666 g/mol. The van der Waals surface area contributed by atoms with E-state index in [1.807, 2.05) is 0 Å². The second kappa shape index (κ2) is 13.9. The summed E-state index contributed by atoms with van der Waals surface area (Å²) in [6.07, 6.45) is -4.68. The number of carbonyl (C=O) groups excluding carboxylic acids is 3. The van der Waals surface area contributed by atoms with Crippen molar-refractivity contribution in [1.29, 1.82) is 0 Å². The molecule has 2 N–H and O–H groups in total. The van der Waals surface area contributed by atoms with Gasteiger partial charge in [-0.1, -0.05) is 48.0 Å². The van der Waals surface area contributed by atoms with E-state index >= 15 is 0 Å². The van der Waals surface area contributed by atoms with E-state index in [0.29, 0.717) is 10.6 Å². The van der Waals surface area contributed by atoms with Gasteiger partial charge >= 0.3 is 11.9 Å². The average Bonchev–Trinajstić information content (AvgIpc) is 3.03. The Hall–Kier alpha value is -5.43. The first-order valence-electron chi connectivity index (χ1n) is 14.2. The van der Waals surface area contributed by atoms with Crippen molar-refractivity contribution in [3.63, 3.8) is 0 Å². The van der Waals surface area contributed by atoms with Crippen LogP contribution in [-0.4, -0.2) is 40.1 Å². The first-order valence-corrected chi connectivity index (χ1v) is 14.6. The third kappa shape index (κ3) is 8.44. The van der Waals surface area contributed by atoms with E-state index < -0.39 is 59.2 Å². The molecule has 0 spiro atoms. The van der Waals surface area contributed by atoms with Gasteiger partial charge in [0, 0.05) is 42.2 Å². The lowest BCUT2D eigenvalue weighted by molar-refractivity contribution is -0.385. The van der Waals surface area contributed by atoms with Gasteiger partial charge in [0.15, 0.2) is 0 Å². The summed E-state index contributed by atoms with van der Waals surface area (Å²) >= 11 is 5.94. The quantitative estimate of drug-likeness (QED) is 0.190. The number of nitro benzene ring substituents is 1. The zero-order valence-electron chi connectivity index (χ0n) is 24.4. The smallest absolute Gasteiger partial charge is 0.416 e. The van der Waals surface area contributed by atoms with E-state index in [2.05, 4.69) is 10.6 Å². The van der Waals surface area contributed by atoms with E-state index in [0.717, 1.165) is 34.7 Å². The van der Waals surface area contributed by atoms with Gasteiger partial charge in [-0.15, -0.1) is 0 Å². The number of benzene rings is 4. The van der Waals surface area contributed by atoms with Crippen LogP contribution in [0, 0.1) is 10.1 Å². The van der Waals surface area contributed by atoms with Crippen LogP contribution in [0.25, 0.3) is 0 Å². The molecule has 0 fully saturated rings. The van der Waals surface area contributed by atoms with Crippen molar-refractivity contribution >= 4 is 35.0 Å². The van der Waals surface area contributed by atoms with E-state index in [1.165, 1.54) is 24.3 Å². The fourth-order valence-corrected chi connectivity index (χ4v) is 5.09. The Morgan fingerprint density at radius 2 is 1.74 bits per heavy atom. The summed E-state index contributed by atoms with van der Waals surface area (Å²) in [6.45, 7) is -0.955. The Bertz CT molecular complexity index is 1830. The highest BCUT2D eigenvalue weighted by molar-refractivity contribution is 6.30. The number of carbonyl (C=O) groups is 3. The molecule has 0 aliphatic carbocycles. The molecule has 0 radical (unpaired) electrons. The third-order valence-electron chi connectivity index (χ3n) is 7.25. The lowest BCUT2D eigenvalue weighted by Gasteiger charge is -2.25. The summed E-state index contributed by atoms with van der Waals surface area (Å²) < 4.78 is 46.2. The highest BCUT2D eigenvalue weighted by Gasteiger charge is 2.31. The lowest BCUT2D eigenvalue weighted by atomic mass is 10.0. The SMILES string of the molecule is O=C1CN(Cc2cccc(C(F)(F)F)c2)C(=O)c2ccc([N+](=O)[O-])c(c2)Oc2cccc(c2)CC(C(=O)NCc2ccc(Cl)cc2)N1. The number of rotatable bonds is 6. The van der Waals surface area contributed by atoms with Crippen molar-refractivity contribution < 1.29 is 37.2 Å². The number of ether oxygens (including phenoxy) is 1. The predicted molar refractivity (Wildman–Crippen MR) is 165 cm³/mol. The van der Waals surface area contributed by atoms with Gasteiger partial charge in [-0.3, -0.25) is 24.5 Å². The molecular weight excluding hydrogens is 641 g/mol. The molecule has 3 amide bonds. The molecule has 1 aliphatic rings. The van der Waals surface area contributed by atoms with Crippen LogP contribution in [0.1, 0.15) is 32.6 Å². The second-order valence-electron chi connectivity index (χ2n) is 10.7. The fourth-order valence-electron chi connectivity index (χ4n) is 4.96. The molecule has 4 bridgehead atoms. The largest absolute Gasteiger partial charge is 0.450 e. The summed E-state index contributed by atoms with van der Waals surface area (Å²) in [4.78, 5) is 52.7. The van der Waals surface area contributed by atoms with Crippen LogP contribution in [0.4, 0.5) is 18.9 Å². The van der Waals surface area contributed by atoms with Gasteiger partial charge in [-0.25, -0.2) is 0 Å². The topological polar surface area (TPSA) is 131 Å². The minimum atomic E-state index is -4.65. The van der Waals surface area contributed by atoms with Gasteiger partial charge in [-0.05, 0) is 59.2 Å². The zero-order valence-corrected chi connectivity index (χ0v) is 25.2. The Morgan fingerprint density at radius 3 is 2.47 bits per heavy atom. The van der Waals surface area contributed by atoms with Crippen molar-refractivity contribution in [3.8, 4) is 11.5 Å². The first-order chi connectivity index (χ1) is 22.4. The second-order valence-corrected chi connectivity index (χ2v) is 11.2. The number of nitrogens with one attached hydrogen (secondary N) is 2. The van der Waals surface area contributed by atoms with E-state index in [1.54, 1.807) is 42.5 Å². The van der Waals surface area contributed by atoms with Crippen LogP contribution in [-0.2, 0) is 35.3 Å². The average molecular weight is 667 g/mol. The van der Waals surface area contributed by atoms with Crippen molar-refractivity contribution in [1.82, 2.24) is 15.5 Å². The van der Waals surface area contributed by atoms with Gasteiger partial charge < -0.3 is 20.3 Å². The highest BCUT2D eigenvalue weighted by Crippen LogP contribution is 2.34. The molecule has 242 valence electrons. The highest BCUT2D eigenvalue weighted by atomic mass is 35.5. The maximum atomic E-state index is 13.8. The number of hydrogen-bond acceptors (Lipinski definition) is 6. The van der Waals surface area contributed by atoms with E-state index in [-0.39, 0.29) is 35.6 Å². The van der Waals surface area contributed by atoms with Crippen LogP contribution in [0.3, 0.4) is 0 Å². The van der Waals surface area contributed by atoms with Crippen molar-refractivity contribution in [2.75, 3.05) is 6.54 Å². The molecule has 0 aromatic heterocycles. The molecule has 10 nitrogen and oxygen atoms in total. The summed E-state index contributed by atoms with van der Waals surface area (Å²) in [5.74, 6) is -2.23. The van der Waals surface area contributed by atoms with Gasteiger partial charge in [0.2, 0.25) is 17.6 Å². The molecular formula is C33H26ClF3N4O6. The summed E-state index contributed by atoms with van der Waals surface area (Å²) in [5, 5.41) is 17.7. The molecule has 1 atom stereocenters. The summed E-state index contributed by atoms with van der Waals surface area (Å²) in [6, 6.07) is 19.7. The van der Waals surface area contributed by atoms with Gasteiger partial charge in [0.25, 0.3) is 5.91 Å². The predicted octanol–water partition coefficient (Wildman–Crippen LogP) is 6.06. The molecule has 1 aliphatic heterocycles.